The molecule has 3 aromatic heterocycles. The van der Waals surface area contributed by atoms with Crippen molar-refractivity contribution in [2.45, 2.75) is 26.8 Å². The monoisotopic (exact) mass is 417 g/mol. The number of aromatic amines is 1. The van der Waals surface area contributed by atoms with E-state index in [0.717, 1.165) is 33.1 Å². The first-order chi connectivity index (χ1) is 14.9. The van der Waals surface area contributed by atoms with Crippen LogP contribution in [0.3, 0.4) is 0 Å². The number of H-pyrrole nitrogens is 1. The number of hydrogen-bond donors (Lipinski definition) is 1. The van der Waals surface area contributed by atoms with Crippen molar-refractivity contribution in [3.63, 3.8) is 0 Å². The Bertz CT molecular complexity index is 1520. The van der Waals surface area contributed by atoms with Gasteiger partial charge >= 0.3 is 0 Å². The highest BCUT2D eigenvalue weighted by molar-refractivity contribution is 6.14. The van der Waals surface area contributed by atoms with Crippen LogP contribution in [-0.4, -0.2) is 29.0 Å². The molecule has 2 aromatic carbocycles. The average Bonchev–Trinajstić information content (AvgIpc) is 3.36. The van der Waals surface area contributed by atoms with Crippen LogP contribution in [0.5, 0.6) is 11.5 Å². The molecule has 0 atom stereocenters. The molecule has 158 valence electrons. The van der Waals surface area contributed by atoms with Gasteiger partial charge in [0.05, 0.1) is 14.2 Å². The van der Waals surface area contributed by atoms with Crippen molar-refractivity contribution >= 4 is 33.1 Å². The summed E-state index contributed by atoms with van der Waals surface area (Å²) in [5, 5.41) is 5.06. The normalized spacial score (nSPS) is 11.8. The number of ether oxygens (including phenoxy) is 2. The second-order valence-electron chi connectivity index (χ2n) is 7.88. The minimum absolute atomic E-state index is 0.0520. The van der Waals surface area contributed by atoms with Gasteiger partial charge in [-0.15, -0.1) is 0 Å². The van der Waals surface area contributed by atoms with Crippen molar-refractivity contribution in [3.05, 3.63) is 52.3 Å². The van der Waals surface area contributed by atoms with Gasteiger partial charge in [0.2, 0.25) is 0 Å². The third-order valence-corrected chi connectivity index (χ3v) is 5.75. The van der Waals surface area contributed by atoms with Gasteiger partial charge in [0.15, 0.2) is 28.2 Å². The first-order valence-electron chi connectivity index (χ1n) is 10.1. The molecule has 0 aliphatic rings. The zero-order chi connectivity index (χ0) is 21.9. The van der Waals surface area contributed by atoms with Crippen molar-refractivity contribution < 1.29 is 13.9 Å². The van der Waals surface area contributed by atoms with Gasteiger partial charge in [-0.05, 0) is 50.6 Å². The lowest BCUT2D eigenvalue weighted by Crippen LogP contribution is -2.03. The molecular formula is C24H23N3O4. The summed E-state index contributed by atoms with van der Waals surface area (Å²) in [4.78, 5) is 17.2. The molecule has 7 nitrogen and oxygen atoms in total. The molecule has 0 radical (unpaired) electrons. The van der Waals surface area contributed by atoms with Crippen LogP contribution in [0.25, 0.3) is 44.2 Å². The standard InChI is InChI=1S/C24H23N3O4/c1-12(2)27-24-16(11-25-27)20(14-6-9-18(29-4)19(10-14)30-5)23-21(26-24)15-7-8-17(28)13(3)22(15)31-23/h6-12,25H,1-5H3. The van der Waals surface area contributed by atoms with Crippen LogP contribution < -0.4 is 14.9 Å². The minimum atomic E-state index is -0.0520. The maximum atomic E-state index is 12.2. The molecule has 0 amide bonds. The molecule has 1 N–H and O–H groups in total. The van der Waals surface area contributed by atoms with Gasteiger partial charge in [0.1, 0.15) is 11.1 Å². The molecule has 0 unspecified atom stereocenters. The van der Waals surface area contributed by atoms with Crippen LogP contribution in [0.1, 0.15) is 25.5 Å². The second kappa shape index (κ2) is 6.91. The van der Waals surface area contributed by atoms with Crippen LogP contribution in [0.15, 0.2) is 45.7 Å². The number of pyridine rings is 1. The Hall–Kier alpha value is -3.74. The molecule has 0 saturated heterocycles. The van der Waals surface area contributed by atoms with Gasteiger partial charge in [0, 0.05) is 34.1 Å². The van der Waals surface area contributed by atoms with E-state index in [-0.39, 0.29) is 11.5 Å². The number of nitrogens with zero attached hydrogens (tertiary/aromatic N) is 2. The summed E-state index contributed by atoms with van der Waals surface area (Å²) in [6.07, 6.45) is 1.94. The Morgan fingerprint density at radius 2 is 1.81 bits per heavy atom. The van der Waals surface area contributed by atoms with Crippen molar-refractivity contribution in [1.82, 2.24) is 14.8 Å². The SMILES string of the molecule is COc1ccc(-c2c3c[nH]n(C(C)C)c3nc3c2oc2c(C)c(=O)ccc23)cc1OC. The summed E-state index contributed by atoms with van der Waals surface area (Å²) in [5.41, 5.74) is 5.08. The second-order valence-corrected chi connectivity index (χ2v) is 7.88. The summed E-state index contributed by atoms with van der Waals surface area (Å²) in [7, 11) is 3.23. The highest BCUT2D eigenvalue weighted by atomic mass is 16.5. The predicted molar refractivity (Wildman–Crippen MR) is 121 cm³/mol. The van der Waals surface area contributed by atoms with Crippen LogP contribution in [0.2, 0.25) is 0 Å². The van der Waals surface area contributed by atoms with Gasteiger partial charge in [-0.2, -0.15) is 0 Å². The Morgan fingerprint density at radius 3 is 2.52 bits per heavy atom. The highest BCUT2D eigenvalue weighted by Gasteiger charge is 2.22. The third kappa shape index (κ3) is 2.73. The van der Waals surface area contributed by atoms with Crippen molar-refractivity contribution in [3.8, 4) is 22.6 Å². The molecule has 3 heterocycles. The van der Waals surface area contributed by atoms with E-state index >= 15 is 0 Å². The van der Waals surface area contributed by atoms with Crippen molar-refractivity contribution in [1.29, 1.82) is 0 Å². The fourth-order valence-corrected chi connectivity index (χ4v) is 4.13. The molecule has 5 aromatic rings. The minimum Gasteiger partial charge on any atom is -0.493 e. The van der Waals surface area contributed by atoms with E-state index in [1.54, 1.807) is 33.3 Å². The van der Waals surface area contributed by atoms with E-state index in [4.69, 9.17) is 18.9 Å². The quantitative estimate of drug-likeness (QED) is 0.435. The molecule has 0 spiro atoms. The van der Waals surface area contributed by atoms with Gasteiger partial charge in [-0.1, -0.05) is 6.07 Å². The Morgan fingerprint density at radius 1 is 1.03 bits per heavy atom. The zero-order valence-corrected chi connectivity index (χ0v) is 18.1. The first kappa shape index (κ1) is 19.2. The molecule has 0 aliphatic heterocycles. The maximum Gasteiger partial charge on any atom is 0.185 e. The summed E-state index contributed by atoms with van der Waals surface area (Å²) < 4.78 is 19.3. The molecule has 7 heteroatoms. The Kier molecular flexibility index (Phi) is 4.28. The van der Waals surface area contributed by atoms with Crippen LogP contribution in [0, 0.1) is 6.92 Å². The topological polar surface area (TPSA) is 82.3 Å². The molecule has 5 rings (SSSR count). The number of rotatable bonds is 4. The maximum absolute atomic E-state index is 12.2. The van der Waals surface area contributed by atoms with Crippen LogP contribution in [0.4, 0.5) is 0 Å². The molecule has 0 bridgehead atoms. The number of aromatic nitrogens is 3. The summed E-state index contributed by atoms with van der Waals surface area (Å²) >= 11 is 0. The average molecular weight is 417 g/mol. The molecule has 0 saturated carbocycles. The van der Waals surface area contributed by atoms with Crippen LogP contribution in [-0.2, 0) is 0 Å². The lowest BCUT2D eigenvalue weighted by atomic mass is 10.0. The number of methoxy groups -OCH3 is 2. The van der Waals surface area contributed by atoms with E-state index in [1.807, 2.05) is 29.1 Å². The van der Waals surface area contributed by atoms with E-state index in [9.17, 15) is 4.79 Å². The molecule has 0 fully saturated rings. The smallest absolute Gasteiger partial charge is 0.185 e. The Balaban J connectivity index is 1.97. The van der Waals surface area contributed by atoms with Gasteiger partial charge in [0.25, 0.3) is 0 Å². The molecule has 31 heavy (non-hydrogen) atoms. The number of hydrogen-bond acceptors (Lipinski definition) is 5. The first-order valence-corrected chi connectivity index (χ1v) is 10.1. The van der Waals surface area contributed by atoms with Gasteiger partial charge < -0.3 is 19.0 Å². The summed E-state index contributed by atoms with van der Waals surface area (Å²) in [6.45, 7) is 5.98. The largest absolute Gasteiger partial charge is 0.493 e. The van der Waals surface area contributed by atoms with E-state index < -0.39 is 0 Å². The molecule has 0 aliphatic carbocycles. The van der Waals surface area contributed by atoms with E-state index in [2.05, 4.69) is 18.9 Å². The zero-order valence-electron chi connectivity index (χ0n) is 18.1. The lowest BCUT2D eigenvalue weighted by Gasteiger charge is -2.12. The van der Waals surface area contributed by atoms with E-state index in [0.29, 0.717) is 28.2 Å². The lowest BCUT2D eigenvalue weighted by molar-refractivity contribution is 0.355. The third-order valence-electron chi connectivity index (χ3n) is 5.75. The fraction of sp³-hybridized carbons (Fsp3) is 0.250. The van der Waals surface area contributed by atoms with Crippen LogP contribution >= 0.6 is 0 Å². The highest BCUT2D eigenvalue weighted by Crippen LogP contribution is 2.42. The molecular weight excluding hydrogens is 394 g/mol. The summed E-state index contributed by atoms with van der Waals surface area (Å²) in [6, 6.07) is 9.33. The number of aryl methyl sites for hydroxylation is 1. The number of fused-ring (bicyclic) bond motifs is 4. The van der Waals surface area contributed by atoms with E-state index in [1.165, 1.54) is 0 Å². The van der Waals surface area contributed by atoms with Crippen molar-refractivity contribution in [2.75, 3.05) is 14.2 Å². The fourth-order valence-electron chi connectivity index (χ4n) is 4.13. The number of benzene rings is 2. The van der Waals surface area contributed by atoms with Gasteiger partial charge in [-0.25, -0.2) is 4.98 Å². The number of nitrogens with one attached hydrogen (secondary N) is 1. The predicted octanol–water partition coefficient (Wildman–Crippen LogP) is 5.20. The summed E-state index contributed by atoms with van der Waals surface area (Å²) in [5.74, 6) is 1.27. The van der Waals surface area contributed by atoms with Gasteiger partial charge in [-0.3, -0.25) is 9.48 Å². The van der Waals surface area contributed by atoms with Crippen molar-refractivity contribution in [2.24, 2.45) is 0 Å². The number of furan rings is 1. The Labute approximate surface area is 178 Å².